The van der Waals surface area contributed by atoms with E-state index in [-0.39, 0.29) is 11.6 Å². The van der Waals surface area contributed by atoms with Crippen LogP contribution in [-0.4, -0.2) is 29.7 Å². The van der Waals surface area contributed by atoms with Crippen LogP contribution in [-0.2, 0) is 4.74 Å². The van der Waals surface area contributed by atoms with Crippen LogP contribution in [0, 0.1) is 0 Å². The molecule has 0 saturated heterocycles. The molecule has 0 bridgehead atoms. The molecule has 0 fully saturated rings. The van der Waals surface area contributed by atoms with Gasteiger partial charge in [-0.1, -0.05) is 6.92 Å². The maximum atomic E-state index is 5.56. The van der Waals surface area contributed by atoms with Crippen LogP contribution in [0.15, 0.2) is 18.6 Å². The van der Waals surface area contributed by atoms with E-state index >= 15 is 0 Å². The first-order valence-electron chi connectivity index (χ1n) is 5.16. The van der Waals surface area contributed by atoms with Gasteiger partial charge >= 0.3 is 0 Å². The molecule has 0 aliphatic carbocycles. The number of hydrogen-bond donors (Lipinski definition) is 1. The van der Waals surface area contributed by atoms with Crippen molar-refractivity contribution < 1.29 is 4.74 Å². The quantitative estimate of drug-likeness (QED) is 0.799. The fraction of sp³-hybridized carbons (Fsp3) is 0.636. The zero-order chi connectivity index (χ0) is 11.3. The summed E-state index contributed by atoms with van der Waals surface area (Å²) in [6, 6.07) is 0.0567. The van der Waals surface area contributed by atoms with E-state index in [1.165, 1.54) is 0 Å². The van der Waals surface area contributed by atoms with Crippen LogP contribution in [0.25, 0.3) is 0 Å². The molecule has 2 unspecified atom stereocenters. The van der Waals surface area contributed by atoms with Crippen molar-refractivity contribution in [3.8, 4) is 0 Å². The van der Waals surface area contributed by atoms with Gasteiger partial charge in [0.1, 0.15) is 0 Å². The first-order chi connectivity index (χ1) is 7.18. The molecule has 0 aliphatic heterocycles. The summed E-state index contributed by atoms with van der Waals surface area (Å²) in [6.45, 7) is 4.17. The molecule has 1 aromatic rings. The molecule has 0 spiro atoms. The lowest BCUT2D eigenvalue weighted by atomic mass is 9.91. The molecule has 4 heteroatoms. The molecule has 15 heavy (non-hydrogen) atoms. The van der Waals surface area contributed by atoms with Gasteiger partial charge in [0.15, 0.2) is 0 Å². The molecule has 0 radical (unpaired) electrons. The Morgan fingerprint density at radius 2 is 2.27 bits per heavy atom. The van der Waals surface area contributed by atoms with Gasteiger partial charge < -0.3 is 10.1 Å². The van der Waals surface area contributed by atoms with Crippen molar-refractivity contribution in [1.29, 1.82) is 0 Å². The highest BCUT2D eigenvalue weighted by Crippen LogP contribution is 2.29. The van der Waals surface area contributed by atoms with E-state index < -0.39 is 0 Å². The summed E-state index contributed by atoms with van der Waals surface area (Å²) in [6.07, 6.45) is 6.05. The van der Waals surface area contributed by atoms with E-state index in [2.05, 4.69) is 29.1 Å². The lowest BCUT2D eigenvalue weighted by Crippen LogP contribution is -2.41. The Hall–Kier alpha value is -1.00. The minimum Gasteiger partial charge on any atom is -0.376 e. The average molecular weight is 209 g/mol. The van der Waals surface area contributed by atoms with Crippen molar-refractivity contribution in [3.05, 3.63) is 24.3 Å². The van der Waals surface area contributed by atoms with Gasteiger partial charge in [-0.15, -0.1) is 0 Å². The molecule has 1 N–H and O–H groups in total. The zero-order valence-corrected chi connectivity index (χ0v) is 9.82. The second-order valence-electron chi connectivity index (χ2n) is 3.72. The highest BCUT2D eigenvalue weighted by Gasteiger charge is 2.33. The van der Waals surface area contributed by atoms with Gasteiger partial charge in [-0.25, -0.2) is 0 Å². The van der Waals surface area contributed by atoms with Gasteiger partial charge in [0.05, 0.1) is 23.5 Å². The molecule has 84 valence electrons. The normalized spacial score (nSPS) is 17.1. The van der Waals surface area contributed by atoms with E-state index in [0.29, 0.717) is 0 Å². The van der Waals surface area contributed by atoms with Crippen molar-refractivity contribution >= 4 is 0 Å². The summed E-state index contributed by atoms with van der Waals surface area (Å²) in [5, 5.41) is 3.23. The number of aromatic nitrogens is 2. The monoisotopic (exact) mass is 209 g/mol. The Balaban J connectivity index is 2.98. The van der Waals surface area contributed by atoms with Gasteiger partial charge in [-0.05, 0) is 20.4 Å². The number of likely N-dealkylation sites (N-methyl/N-ethyl adjacent to an activating group) is 1. The van der Waals surface area contributed by atoms with Crippen LogP contribution >= 0.6 is 0 Å². The number of ether oxygens (including phenoxy) is 1. The number of methoxy groups -OCH3 is 1. The standard InChI is InChI=1S/C11H19N3O/c1-5-11(2,15-4)10(12-3)9-8-13-6-7-14-9/h6-8,10,12H,5H2,1-4H3. The Morgan fingerprint density at radius 3 is 2.67 bits per heavy atom. The third kappa shape index (κ3) is 2.52. The minimum absolute atomic E-state index is 0.0567. The van der Waals surface area contributed by atoms with Crippen molar-refractivity contribution in [2.24, 2.45) is 0 Å². The maximum Gasteiger partial charge on any atom is 0.0857 e. The van der Waals surface area contributed by atoms with E-state index in [1.54, 1.807) is 25.7 Å². The van der Waals surface area contributed by atoms with Gasteiger partial charge in [-0.2, -0.15) is 0 Å². The molecule has 0 amide bonds. The molecule has 0 aliphatic rings. The number of nitrogens with zero attached hydrogens (tertiary/aromatic N) is 2. The molecule has 1 aromatic heterocycles. The first-order valence-corrected chi connectivity index (χ1v) is 5.16. The van der Waals surface area contributed by atoms with Crippen LogP contribution in [0.4, 0.5) is 0 Å². The number of nitrogens with one attached hydrogen (secondary N) is 1. The van der Waals surface area contributed by atoms with E-state index in [1.807, 2.05) is 7.05 Å². The van der Waals surface area contributed by atoms with Gasteiger partial charge in [0, 0.05) is 19.5 Å². The molecular weight excluding hydrogens is 190 g/mol. The Labute approximate surface area is 91.1 Å². The third-order valence-electron chi connectivity index (χ3n) is 2.95. The highest BCUT2D eigenvalue weighted by atomic mass is 16.5. The lowest BCUT2D eigenvalue weighted by molar-refractivity contribution is -0.0292. The van der Waals surface area contributed by atoms with Crippen LogP contribution in [0.2, 0.25) is 0 Å². The third-order valence-corrected chi connectivity index (χ3v) is 2.95. The molecule has 1 rings (SSSR count). The predicted octanol–water partition coefficient (Wildman–Crippen LogP) is 1.55. The summed E-state index contributed by atoms with van der Waals surface area (Å²) in [4.78, 5) is 8.38. The molecular formula is C11H19N3O. The summed E-state index contributed by atoms with van der Waals surface area (Å²) >= 11 is 0. The molecule has 4 nitrogen and oxygen atoms in total. The fourth-order valence-electron chi connectivity index (χ4n) is 1.69. The van der Waals surface area contributed by atoms with Crippen LogP contribution in [0.1, 0.15) is 32.0 Å². The second-order valence-corrected chi connectivity index (χ2v) is 3.72. The topological polar surface area (TPSA) is 47.0 Å². The van der Waals surface area contributed by atoms with Crippen LogP contribution in [0.3, 0.4) is 0 Å². The van der Waals surface area contributed by atoms with Gasteiger partial charge in [-0.3, -0.25) is 9.97 Å². The predicted molar refractivity (Wildman–Crippen MR) is 59.5 cm³/mol. The maximum absolute atomic E-state index is 5.56. The fourth-order valence-corrected chi connectivity index (χ4v) is 1.69. The van der Waals surface area contributed by atoms with Crippen molar-refractivity contribution in [3.63, 3.8) is 0 Å². The zero-order valence-electron chi connectivity index (χ0n) is 9.82. The lowest BCUT2D eigenvalue weighted by Gasteiger charge is -2.34. The summed E-state index contributed by atoms with van der Waals surface area (Å²) in [5.41, 5.74) is 0.649. The molecule has 2 atom stereocenters. The Morgan fingerprint density at radius 1 is 1.53 bits per heavy atom. The second kappa shape index (κ2) is 5.19. The smallest absolute Gasteiger partial charge is 0.0857 e. The van der Waals surface area contributed by atoms with E-state index in [4.69, 9.17) is 4.74 Å². The van der Waals surface area contributed by atoms with Crippen molar-refractivity contribution in [1.82, 2.24) is 15.3 Å². The number of rotatable bonds is 5. The van der Waals surface area contributed by atoms with E-state index in [0.717, 1.165) is 12.1 Å². The Bertz CT molecular complexity index is 285. The minimum atomic E-state index is -0.259. The van der Waals surface area contributed by atoms with Gasteiger partial charge in [0.25, 0.3) is 0 Å². The Kier molecular flexibility index (Phi) is 4.17. The van der Waals surface area contributed by atoms with Crippen molar-refractivity contribution in [2.75, 3.05) is 14.2 Å². The van der Waals surface area contributed by atoms with Crippen molar-refractivity contribution in [2.45, 2.75) is 31.9 Å². The largest absolute Gasteiger partial charge is 0.376 e. The summed E-state index contributed by atoms with van der Waals surface area (Å²) < 4.78 is 5.56. The van der Waals surface area contributed by atoms with E-state index in [9.17, 15) is 0 Å². The SMILES string of the molecule is CCC(C)(OC)C(NC)c1cnccn1. The molecule has 1 heterocycles. The summed E-state index contributed by atoms with van der Waals surface area (Å²) in [7, 11) is 3.64. The first kappa shape index (κ1) is 12.1. The summed E-state index contributed by atoms with van der Waals surface area (Å²) in [5.74, 6) is 0. The number of hydrogen-bond acceptors (Lipinski definition) is 4. The van der Waals surface area contributed by atoms with Gasteiger partial charge in [0.2, 0.25) is 0 Å². The highest BCUT2D eigenvalue weighted by molar-refractivity contribution is 5.08. The average Bonchev–Trinajstić information content (AvgIpc) is 2.31. The molecule has 0 saturated carbocycles. The van der Waals surface area contributed by atoms with Crippen LogP contribution < -0.4 is 5.32 Å². The molecule has 0 aromatic carbocycles. The van der Waals surface area contributed by atoms with Crippen LogP contribution in [0.5, 0.6) is 0 Å².